The van der Waals surface area contributed by atoms with Gasteiger partial charge in [0.05, 0.1) is 5.52 Å². The number of nitrogens with zero attached hydrogens (tertiary/aromatic N) is 2. The zero-order chi connectivity index (χ0) is 19.5. The molecule has 0 bridgehead atoms. The van der Waals surface area contributed by atoms with Gasteiger partial charge in [-0.05, 0) is 54.1 Å². The molecule has 0 radical (unpaired) electrons. The van der Waals surface area contributed by atoms with E-state index < -0.39 is 0 Å². The molecule has 4 aromatic carbocycles. The predicted molar refractivity (Wildman–Crippen MR) is 122 cm³/mol. The molecule has 138 valence electrons. The third-order valence-corrected chi connectivity index (χ3v) is 5.08. The van der Waals surface area contributed by atoms with Crippen LogP contribution in [0.15, 0.2) is 121 Å². The number of rotatable bonds is 4. The van der Waals surface area contributed by atoms with Crippen LogP contribution in [0.4, 0.5) is 17.1 Å². The number of anilines is 3. The molecule has 29 heavy (non-hydrogen) atoms. The summed E-state index contributed by atoms with van der Waals surface area (Å²) in [6.07, 6.45) is 1.95. The minimum Gasteiger partial charge on any atom is -0.311 e. The Kier molecular flexibility index (Phi) is 4.51. The number of para-hydroxylation sites is 3. The Hall–Kier alpha value is -3.91. The van der Waals surface area contributed by atoms with Crippen LogP contribution in [-0.4, -0.2) is 4.98 Å². The van der Waals surface area contributed by atoms with Crippen LogP contribution in [0.5, 0.6) is 0 Å². The summed E-state index contributed by atoms with van der Waals surface area (Å²) < 4.78 is 0. The molecule has 0 unspecified atom stereocenters. The number of fused-ring (bicyclic) bond motifs is 1. The highest BCUT2D eigenvalue weighted by molar-refractivity contribution is 5.84. The molecule has 0 spiro atoms. The monoisotopic (exact) mass is 372 g/mol. The van der Waals surface area contributed by atoms with Crippen molar-refractivity contribution in [3.8, 4) is 11.1 Å². The molecule has 0 aliphatic heterocycles. The van der Waals surface area contributed by atoms with Crippen LogP contribution in [0.1, 0.15) is 0 Å². The lowest BCUT2D eigenvalue weighted by Crippen LogP contribution is -2.09. The van der Waals surface area contributed by atoms with Crippen molar-refractivity contribution in [2.24, 2.45) is 0 Å². The quantitative estimate of drug-likeness (QED) is 0.327. The van der Waals surface area contributed by atoms with Crippen molar-refractivity contribution in [3.63, 3.8) is 0 Å². The minimum atomic E-state index is 1.02. The average molecular weight is 372 g/mol. The lowest BCUT2D eigenvalue weighted by molar-refractivity contribution is 1.28. The van der Waals surface area contributed by atoms with Gasteiger partial charge < -0.3 is 4.90 Å². The molecule has 0 aliphatic rings. The van der Waals surface area contributed by atoms with Gasteiger partial charge in [-0.3, -0.25) is 4.98 Å². The van der Waals surface area contributed by atoms with Crippen molar-refractivity contribution in [1.82, 2.24) is 4.98 Å². The molecular weight excluding hydrogens is 352 g/mol. The fourth-order valence-electron chi connectivity index (χ4n) is 3.63. The maximum atomic E-state index is 4.60. The van der Waals surface area contributed by atoms with Gasteiger partial charge in [0, 0.05) is 34.2 Å². The highest BCUT2D eigenvalue weighted by atomic mass is 15.1. The van der Waals surface area contributed by atoms with Crippen molar-refractivity contribution in [2.75, 3.05) is 4.90 Å². The fraction of sp³-hybridized carbons (Fsp3) is 0. The lowest BCUT2D eigenvalue weighted by atomic mass is 10.0. The molecule has 0 saturated heterocycles. The number of aromatic nitrogens is 1. The van der Waals surface area contributed by atoms with Gasteiger partial charge in [0.1, 0.15) is 0 Å². The van der Waals surface area contributed by atoms with E-state index in [9.17, 15) is 0 Å². The van der Waals surface area contributed by atoms with Gasteiger partial charge in [0.25, 0.3) is 0 Å². The van der Waals surface area contributed by atoms with Crippen molar-refractivity contribution in [1.29, 1.82) is 0 Å². The van der Waals surface area contributed by atoms with E-state index in [1.807, 2.05) is 30.5 Å². The lowest BCUT2D eigenvalue weighted by Gasteiger charge is -2.25. The maximum Gasteiger partial charge on any atom is 0.0702 e. The van der Waals surface area contributed by atoms with E-state index in [2.05, 4.69) is 101 Å². The number of hydrogen-bond donors (Lipinski definition) is 0. The topological polar surface area (TPSA) is 16.1 Å². The summed E-state index contributed by atoms with van der Waals surface area (Å²) in [7, 11) is 0. The summed E-state index contributed by atoms with van der Waals surface area (Å²) in [5.74, 6) is 0. The molecule has 5 aromatic rings. The number of hydrogen-bond acceptors (Lipinski definition) is 2. The van der Waals surface area contributed by atoms with Crippen LogP contribution in [0.3, 0.4) is 0 Å². The zero-order valence-electron chi connectivity index (χ0n) is 15.9. The molecule has 0 aliphatic carbocycles. The highest BCUT2D eigenvalue weighted by Gasteiger charge is 2.12. The van der Waals surface area contributed by atoms with E-state index in [1.54, 1.807) is 0 Å². The maximum absolute atomic E-state index is 4.60. The Morgan fingerprint density at radius 1 is 0.483 bits per heavy atom. The number of benzene rings is 4. The summed E-state index contributed by atoms with van der Waals surface area (Å²) in [6.45, 7) is 0. The summed E-state index contributed by atoms with van der Waals surface area (Å²) in [4.78, 5) is 6.87. The Labute approximate surface area is 170 Å². The summed E-state index contributed by atoms with van der Waals surface area (Å²) in [5, 5.41) is 1.16. The fourth-order valence-corrected chi connectivity index (χ4v) is 3.63. The second-order valence-corrected chi connectivity index (χ2v) is 6.97. The van der Waals surface area contributed by atoms with Crippen molar-refractivity contribution >= 4 is 28.0 Å². The third-order valence-electron chi connectivity index (χ3n) is 5.08. The van der Waals surface area contributed by atoms with Gasteiger partial charge in [-0.25, -0.2) is 0 Å². The van der Waals surface area contributed by atoms with E-state index in [0.717, 1.165) is 39.1 Å². The third kappa shape index (κ3) is 3.48. The molecule has 0 atom stereocenters. The van der Waals surface area contributed by atoms with Gasteiger partial charge in [-0.15, -0.1) is 0 Å². The molecule has 2 nitrogen and oxygen atoms in total. The first-order valence-electron chi connectivity index (χ1n) is 9.74. The largest absolute Gasteiger partial charge is 0.311 e. The zero-order valence-corrected chi connectivity index (χ0v) is 15.9. The Morgan fingerprint density at radius 2 is 1.03 bits per heavy atom. The van der Waals surface area contributed by atoms with Gasteiger partial charge in [-0.1, -0.05) is 66.7 Å². The van der Waals surface area contributed by atoms with Crippen molar-refractivity contribution < 1.29 is 0 Å². The van der Waals surface area contributed by atoms with Crippen LogP contribution in [-0.2, 0) is 0 Å². The molecule has 2 heteroatoms. The Morgan fingerprint density at radius 3 is 1.69 bits per heavy atom. The normalized spacial score (nSPS) is 10.8. The molecule has 0 N–H and O–H groups in total. The SMILES string of the molecule is c1ccc(N(c2ccccc2)c2ccc(-c3cnc4ccccc4c3)cc2)cc1. The first-order valence-corrected chi connectivity index (χ1v) is 9.74. The van der Waals surface area contributed by atoms with Crippen molar-refractivity contribution in [3.05, 3.63) is 121 Å². The molecule has 1 heterocycles. The smallest absolute Gasteiger partial charge is 0.0702 e. The second kappa shape index (κ2) is 7.61. The molecule has 0 amide bonds. The Bertz CT molecular complexity index is 1190. The first kappa shape index (κ1) is 17.2. The van der Waals surface area contributed by atoms with Crippen molar-refractivity contribution in [2.45, 2.75) is 0 Å². The molecule has 5 rings (SSSR count). The highest BCUT2D eigenvalue weighted by Crippen LogP contribution is 2.35. The summed E-state index contributed by atoms with van der Waals surface area (Å²) in [6, 6.07) is 40.0. The van der Waals surface area contributed by atoms with E-state index in [-0.39, 0.29) is 0 Å². The van der Waals surface area contributed by atoms with Gasteiger partial charge in [0.2, 0.25) is 0 Å². The summed E-state index contributed by atoms with van der Waals surface area (Å²) >= 11 is 0. The second-order valence-electron chi connectivity index (χ2n) is 6.97. The van der Waals surface area contributed by atoms with Crippen LogP contribution in [0, 0.1) is 0 Å². The van der Waals surface area contributed by atoms with Gasteiger partial charge >= 0.3 is 0 Å². The van der Waals surface area contributed by atoms with Crippen LogP contribution in [0.25, 0.3) is 22.0 Å². The minimum absolute atomic E-state index is 1.02. The van der Waals surface area contributed by atoms with Gasteiger partial charge in [-0.2, -0.15) is 0 Å². The molecule has 1 aromatic heterocycles. The molecule has 0 fully saturated rings. The van der Waals surface area contributed by atoms with Crippen LogP contribution >= 0.6 is 0 Å². The van der Waals surface area contributed by atoms with E-state index >= 15 is 0 Å². The standard InChI is InChI=1S/C27H20N2/c1-3-10-24(11-4-1)29(25-12-5-2-6-13-25)26-17-15-21(16-18-26)23-19-22-9-7-8-14-27(22)28-20-23/h1-20H. The molecule has 0 saturated carbocycles. The predicted octanol–water partition coefficient (Wildman–Crippen LogP) is 7.37. The first-order chi connectivity index (χ1) is 14.4. The Balaban J connectivity index is 1.54. The summed E-state index contributed by atoms with van der Waals surface area (Å²) in [5.41, 5.74) is 6.71. The van der Waals surface area contributed by atoms with Crippen LogP contribution in [0.2, 0.25) is 0 Å². The van der Waals surface area contributed by atoms with Crippen LogP contribution < -0.4 is 4.90 Å². The van der Waals surface area contributed by atoms with Gasteiger partial charge in [0.15, 0.2) is 0 Å². The van der Waals surface area contributed by atoms with E-state index in [0.29, 0.717) is 0 Å². The van der Waals surface area contributed by atoms with E-state index in [1.165, 1.54) is 0 Å². The average Bonchev–Trinajstić information content (AvgIpc) is 2.81. The molecular formula is C27H20N2. The van der Waals surface area contributed by atoms with E-state index in [4.69, 9.17) is 0 Å². The number of pyridine rings is 1.